The molecule has 2 aromatic carbocycles. The van der Waals surface area contributed by atoms with E-state index in [1.54, 1.807) is 35.1 Å². The molecule has 0 atom stereocenters. The van der Waals surface area contributed by atoms with Gasteiger partial charge in [0.25, 0.3) is 5.91 Å². The molecule has 0 unspecified atom stereocenters. The Balaban J connectivity index is 1.84. The molecule has 1 amide bonds. The Bertz CT molecular complexity index is 899. The predicted octanol–water partition coefficient (Wildman–Crippen LogP) is 3.34. The predicted molar refractivity (Wildman–Crippen MR) is 94.5 cm³/mol. The van der Waals surface area contributed by atoms with E-state index in [0.29, 0.717) is 17.0 Å². The van der Waals surface area contributed by atoms with Crippen molar-refractivity contribution in [2.24, 2.45) is 0 Å². The number of aromatic nitrogens is 2. The van der Waals surface area contributed by atoms with Crippen LogP contribution in [0.2, 0.25) is 0 Å². The van der Waals surface area contributed by atoms with E-state index in [0.717, 1.165) is 5.69 Å². The zero-order valence-corrected chi connectivity index (χ0v) is 13.9. The largest absolute Gasteiger partial charge is 0.493 e. The van der Waals surface area contributed by atoms with Crippen LogP contribution in [0.1, 0.15) is 27.8 Å². The van der Waals surface area contributed by atoms with Gasteiger partial charge in [-0.05, 0) is 43.3 Å². The van der Waals surface area contributed by atoms with Gasteiger partial charge in [-0.2, -0.15) is 5.10 Å². The van der Waals surface area contributed by atoms with Gasteiger partial charge in [-0.3, -0.25) is 9.59 Å². The Morgan fingerprint density at radius 3 is 2.32 bits per heavy atom. The van der Waals surface area contributed by atoms with E-state index in [1.165, 1.54) is 14.0 Å². The molecule has 0 fully saturated rings. The molecule has 25 heavy (non-hydrogen) atoms. The number of nitrogens with one attached hydrogen (secondary N) is 1. The molecular weight excluding hydrogens is 318 g/mol. The molecule has 0 saturated carbocycles. The third kappa shape index (κ3) is 3.58. The highest BCUT2D eigenvalue weighted by atomic mass is 16.5. The van der Waals surface area contributed by atoms with Gasteiger partial charge in [-0.25, -0.2) is 4.68 Å². The van der Waals surface area contributed by atoms with Gasteiger partial charge >= 0.3 is 0 Å². The van der Waals surface area contributed by atoms with Gasteiger partial charge < -0.3 is 10.1 Å². The van der Waals surface area contributed by atoms with Gasteiger partial charge in [0.2, 0.25) is 0 Å². The lowest BCUT2D eigenvalue weighted by atomic mass is 10.1. The molecule has 0 bridgehead atoms. The van der Waals surface area contributed by atoms with E-state index in [9.17, 15) is 9.59 Å². The van der Waals surface area contributed by atoms with Crippen molar-refractivity contribution in [2.75, 3.05) is 12.4 Å². The molecule has 0 aliphatic carbocycles. The second kappa shape index (κ2) is 7.00. The van der Waals surface area contributed by atoms with Crippen LogP contribution in [0, 0.1) is 0 Å². The van der Waals surface area contributed by atoms with Crippen molar-refractivity contribution in [1.82, 2.24) is 9.78 Å². The molecule has 0 saturated heterocycles. The zero-order chi connectivity index (χ0) is 17.8. The summed E-state index contributed by atoms with van der Waals surface area (Å²) in [4.78, 5) is 23.8. The van der Waals surface area contributed by atoms with Crippen molar-refractivity contribution in [1.29, 1.82) is 0 Å². The van der Waals surface area contributed by atoms with Gasteiger partial charge in [0.05, 0.1) is 19.0 Å². The van der Waals surface area contributed by atoms with Crippen molar-refractivity contribution < 1.29 is 14.3 Å². The number of ketones is 1. The number of Topliss-reactive ketones (excluding diaryl/α,β-unsaturated/α-hetero) is 1. The van der Waals surface area contributed by atoms with Crippen LogP contribution in [0.5, 0.6) is 5.75 Å². The molecule has 3 rings (SSSR count). The number of anilines is 1. The summed E-state index contributed by atoms with van der Waals surface area (Å²) in [6.45, 7) is 1.49. The summed E-state index contributed by atoms with van der Waals surface area (Å²) in [6, 6.07) is 16.1. The monoisotopic (exact) mass is 335 g/mol. The Hall–Kier alpha value is -3.41. The number of nitrogens with zero attached hydrogens (tertiary/aromatic N) is 2. The van der Waals surface area contributed by atoms with Crippen LogP contribution < -0.4 is 10.1 Å². The number of amides is 1. The van der Waals surface area contributed by atoms with Crippen molar-refractivity contribution in [3.8, 4) is 11.4 Å². The molecule has 0 aliphatic rings. The standard InChI is InChI=1S/C19H17N3O3/c1-13(23)14-8-10-15(11-9-14)20-19(24)18-17(25-2)12-22(21-18)16-6-4-3-5-7-16/h3-12H,1-2H3,(H,20,24). The van der Waals surface area contributed by atoms with Crippen molar-refractivity contribution in [3.63, 3.8) is 0 Å². The van der Waals surface area contributed by atoms with E-state index < -0.39 is 0 Å². The van der Waals surface area contributed by atoms with Gasteiger partial charge in [-0.1, -0.05) is 18.2 Å². The van der Waals surface area contributed by atoms with Gasteiger partial charge in [0.1, 0.15) is 0 Å². The molecule has 1 aromatic heterocycles. The third-order valence-corrected chi connectivity index (χ3v) is 3.69. The summed E-state index contributed by atoms with van der Waals surface area (Å²) in [5.41, 5.74) is 2.17. The fourth-order valence-corrected chi connectivity index (χ4v) is 2.36. The summed E-state index contributed by atoms with van der Waals surface area (Å²) in [6.07, 6.45) is 1.66. The molecule has 1 N–H and O–H groups in total. The van der Waals surface area contributed by atoms with E-state index >= 15 is 0 Å². The number of ether oxygens (including phenoxy) is 1. The maximum Gasteiger partial charge on any atom is 0.280 e. The van der Waals surface area contributed by atoms with Crippen molar-refractivity contribution in [3.05, 3.63) is 72.1 Å². The zero-order valence-electron chi connectivity index (χ0n) is 13.9. The van der Waals surface area contributed by atoms with E-state index in [4.69, 9.17) is 4.74 Å². The molecule has 0 spiro atoms. The second-order valence-corrected chi connectivity index (χ2v) is 5.41. The lowest BCUT2D eigenvalue weighted by Crippen LogP contribution is -2.14. The highest BCUT2D eigenvalue weighted by molar-refractivity contribution is 6.05. The molecule has 6 nitrogen and oxygen atoms in total. The third-order valence-electron chi connectivity index (χ3n) is 3.69. The normalized spacial score (nSPS) is 10.3. The number of benzene rings is 2. The fraction of sp³-hybridized carbons (Fsp3) is 0.105. The first-order valence-corrected chi connectivity index (χ1v) is 7.70. The van der Waals surface area contributed by atoms with Gasteiger partial charge in [0.15, 0.2) is 17.2 Å². The fourth-order valence-electron chi connectivity index (χ4n) is 2.36. The highest BCUT2D eigenvalue weighted by Gasteiger charge is 2.18. The van der Waals surface area contributed by atoms with Crippen LogP contribution in [-0.2, 0) is 0 Å². The maximum absolute atomic E-state index is 12.5. The smallest absolute Gasteiger partial charge is 0.280 e. The molecular formula is C19H17N3O3. The molecule has 0 aliphatic heterocycles. The number of carbonyl (C=O) groups is 2. The minimum absolute atomic E-state index is 0.0267. The van der Waals surface area contributed by atoms with Crippen LogP contribution >= 0.6 is 0 Å². The lowest BCUT2D eigenvalue weighted by Gasteiger charge is -2.05. The number of hydrogen-bond acceptors (Lipinski definition) is 4. The number of carbonyl (C=O) groups excluding carboxylic acids is 2. The van der Waals surface area contributed by atoms with Gasteiger partial charge in [-0.15, -0.1) is 0 Å². The van der Waals surface area contributed by atoms with E-state index in [-0.39, 0.29) is 17.4 Å². The van der Waals surface area contributed by atoms with Crippen LogP contribution in [0.4, 0.5) is 5.69 Å². The minimum Gasteiger partial charge on any atom is -0.493 e. The summed E-state index contributed by atoms with van der Waals surface area (Å²) in [5.74, 6) is -0.0371. The topological polar surface area (TPSA) is 73.2 Å². The van der Waals surface area contributed by atoms with Gasteiger partial charge in [0, 0.05) is 11.3 Å². The summed E-state index contributed by atoms with van der Waals surface area (Å²) < 4.78 is 6.86. The summed E-state index contributed by atoms with van der Waals surface area (Å²) >= 11 is 0. The summed E-state index contributed by atoms with van der Waals surface area (Å²) in [5, 5.41) is 7.08. The number of hydrogen-bond donors (Lipinski definition) is 1. The molecule has 0 radical (unpaired) electrons. The van der Waals surface area contributed by atoms with E-state index in [1.807, 2.05) is 30.3 Å². The lowest BCUT2D eigenvalue weighted by molar-refractivity contribution is 0.101. The molecule has 6 heteroatoms. The maximum atomic E-state index is 12.5. The Morgan fingerprint density at radius 1 is 1.04 bits per heavy atom. The van der Waals surface area contributed by atoms with Crippen LogP contribution in [0.25, 0.3) is 5.69 Å². The SMILES string of the molecule is COc1cn(-c2ccccc2)nc1C(=O)Nc1ccc(C(C)=O)cc1. The average Bonchev–Trinajstić information content (AvgIpc) is 3.07. The summed E-state index contributed by atoms with van der Waals surface area (Å²) in [7, 11) is 1.49. The van der Waals surface area contributed by atoms with Crippen LogP contribution in [-0.4, -0.2) is 28.6 Å². The van der Waals surface area contributed by atoms with Crippen molar-refractivity contribution in [2.45, 2.75) is 6.92 Å². The molecule has 1 heterocycles. The number of rotatable bonds is 5. The van der Waals surface area contributed by atoms with Crippen molar-refractivity contribution >= 4 is 17.4 Å². The molecule has 3 aromatic rings. The number of para-hydroxylation sites is 1. The van der Waals surface area contributed by atoms with Crippen LogP contribution in [0.15, 0.2) is 60.8 Å². The quantitative estimate of drug-likeness (QED) is 0.726. The van der Waals surface area contributed by atoms with E-state index in [2.05, 4.69) is 10.4 Å². The highest BCUT2D eigenvalue weighted by Crippen LogP contribution is 2.21. The number of methoxy groups -OCH3 is 1. The minimum atomic E-state index is -0.387. The second-order valence-electron chi connectivity index (χ2n) is 5.41. The first-order chi connectivity index (χ1) is 12.1. The average molecular weight is 335 g/mol. The molecule has 126 valence electrons. The first-order valence-electron chi connectivity index (χ1n) is 7.70. The Morgan fingerprint density at radius 2 is 1.72 bits per heavy atom. The van der Waals surface area contributed by atoms with Crippen LogP contribution in [0.3, 0.4) is 0 Å². The Kier molecular flexibility index (Phi) is 4.61. The Labute approximate surface area is 145 Å². The first kappa shape index (κ1) is 16.4.